The number of nitrogens with two attached hydrogens (primary N) is 1. The molecule has 0 spiro atoms. The predicted molar refractivity (Wildman–Crippen MR) is 124 cm³/mol. The minimum absolute atomic E-state index is 0.150. The van der Waals surface area contributed by atoms with Gasteiger partial charge in [0.15, 0.2) is 0 Å². The number of aryl methyl sites for hydroxylation is 2. The van der Waals surface area contributed by atoms with Gasteiger partial charge in [-0.3, -0.25) is 4.90 Å². The number of anilines is 2. The van der Waals surface area contributed by atoms with Gasteiger partial charge in [-0.1, -0.05) is 37.3 Å². The monoisotopic (exact) mass is 407 g/mol. The molecule has 0 amide bonds. The quantitative estimate of drug-likeness (QED) is 0.623. The smallest absolute Gasteiger partial charge is 0.123 e. The van der Waals surface area contributed by atoms with Crippen LogP contribution in [0.2, 0.25) is 0 Å². The molecule has 2 aromatic carbocycles. The maximum Gasteiger partial charge on any atom is 0.123 e. The number of para-hydroxylation sites is 1. The molecular formula is C26H34FN3. The highest BCUT2D eigenvalue weighted by Crippen LogP contribution is 2.35. The Labute approximate surface area is 180 Å². The fourth-order valence-electron chi connectivity index (χ4n) is 5.02. The number of fused-ring (bicyclic) bond motifs is 1. The molecule has 1 saturated heterocycles. The molecule has 4 heteroatoms. The van der Waals surface area contributed by atoms with Crippen molar-refractivity contribution in [3.63, 3.8) is 0 Å². The SMILES string of the molecule is C=C(CN1CCC(CCCc2ccc(F)cc2)CC1)N1CCCc2cccc(N)c21. The number of likely N-dealkylation sites (tertiary alicyclic amines) is 1. The first kappa shape index (κ1) is 20.9. The Bertz CT molecular complexity index is 853. The highest BCUT2D eigenvalue weighted by molar-refractivity contribution is 5.74. The summed E-state index contributed by atoms with van der Waals surface area (Å²) in [7, 11) is 0. The van der Waals surface area contributed by atoms with Crippen LogP contribution in [-0.4, -0.2) is 31.1 Å². The molecule has 0 aromatic heterocycles. The molecule has 1 fully saturated rings. The molecular weight excluding hydrogens is 373 g/mol. The second kappa shape index (κ2) is 9.65. The van der Waals surface area contributed by atoms with Crippen molar-refractivity contribution in [3.8, 4) is 0 Å². The zero-order valence-electron chi connectivity index (χ0n) is 18.0. The van der Waals surface area contributed by atoms with E-state index in [0.717, 1.165) is 57.0 Å². The number of benzene rings is 2. The topological polar surface area (TPSA) is 32.5 Å². The van der Waals surface area contributed by atoms with Crippen LogP contribution in [-0.2, 0) is 12.8 Å². The van der Waals surface area contributed by atoms with E-state index in [4.69, 9.17) is 5.73 Å². The molecule has 2 N–H and O–H groups in total. The normalized spacial score (nSPS) is 17.7. The molecule has 2 aliphatic heterocycles. The average Bonchev–Trinajstić information content (AvgIpc) is 2.76. The van der Waals surface area contributed by atoms with Gasteiger partial charge in [-0.25, -0.2) is 4.39 Å². The van der Waals surface area contributed by atoms with Gasteiger partial charge in [-0.2, -0.15) is 0 Å². The van der Waals surface area contributed by atoms with Crippen LogP contribution in [0, 0.1) is 11.7 Å². The molecule has 2 aliphatic rings. The molecule has 4 rings (SSSR count). The third-order valence-corrected chi connectivity index (χ3v) is 6.73. The summed E-state index contributed by atoms with van der Waals surface area (Å²) in [4.78, 5) is 4.90. The average molecular weight is 408 g/mol. The summed E-state index contributed by atoms with van der Waals surface area (Å²) >= 11 is 0. The second-order valence-electron chi connectivity index (χ2n) is 8.91. The Morgan fingerprint density at radius 3 is 2.60 bits per heavy atom. The maximum atomic E-state index is 13.0. The molecule has 2 aromatic rings. The van der Waals surface area contributed by atoms with Crippen molar-refractivity contribution >= 4 is 11.4 Å². The maximum absolute atomic E-state index is 13.0. The molecule has 0 radical (unpaired) electrons. The number of nitrogen functional groups attached to an aromatic ring is 1. The van der Waals surface area contributed by atoms with E-state index in [0.29, 0.717) is 0 Å². The zero-order valence-corrected chi connectivity index (χ0v) is 18.0. The summed E-state index contributed by atoms with van der Waals surface area (Å²) in [6, 6.07) is 13.2. The Hall–Kier alpha value is -2.33. The standard InChI is InChI=1S/C26H34FN3/c1-20(30-16-4-8-23-7-3-9-25(28)26(23)30)19-29-17-14-22(15-18-29)6-2-5-21-10-12-24(27)13-11-21/h3,7,9-13,22H,1-2,4-6,8,14-19,28H2. The van der Waals surface area contributed by atoms with Crippen molar-refractivity contribution in [2.75, 3.05) is 36.8 Å². The predicted octanol–water partition coefficient (Wildman–Crippen LogP) is 5.41. The van der Waals surface area contributed by atoms with Gasteiger partial charge in [-0.15, -0.1) is 0 Å². The first-order valence-corrected chi connectivity index (χ1v) is 11.4. The van der Waals surface area contributed by atoms with Crippen molar-refractivity contribution in [2.24, 2.45) is 5.92 Å². The van der Waals surface area contributed by atoms with Crippen molar-refractivity contribution in [1.29, 1.82) is 0 Å². The first-order chi connectivity index (χ1) is 14.6. The number of piperidine rings is 1. The van der Waals surface area contributed by atoms with Crippen LogP contribution in [0.1, 0.15) is 43.2 Å². The Kier molecular flexibility index (Phi) is 6.73. The third-order valence-electron chi connectivity index (χ3n) is 6.73. The van der Waals surface area contributed by atoms with E-state index in [9.17, 15) is 4.39 Å². The summed E-state index contributed by atoms with van der Waals surface area (Å²) in [5.41, 5.74) is 12.1. The van der Waals surface area contributed by atoms with Gasteiger partial charge in [0.05, 0.1) is 11.4 Å². The molecule has 2 heterocycles. The Balaban J connectivity index is 1.22. The van der Waals surface area contributed by atoms with Crippen molar-refractivity contribution in [2.45, 2.75) is 44.9 Å². The summed E-state index contributed by atoms with van der Waals surface area (Å²) in [5, 5.41) is 0. The minimum Gasteiger partial charge on any atom is -0.397 e. The first-order valence-electron chi connectivity index (χ1n) is 11.4. The van der Waals surface area contributed by atoms with Crippen LogP contribution >= 0.6 is 0 Å². The largest absolute Gasteiger partial charge is 0.397 e. The lowest BCUT2D eigenvalue weighted by Gasteiger charge is -2.38. The molecule has 0 saturated carbocycles. The van der Waals surface area contributed by atoms with Crippen LogP contribution in [0.4, 0.5) is 15.8 Å². The second-order valence-corrected chi connectivity index (χ2v) is 8.91. The summed E-state index contributed by atoms with van der Waals surface area (Å²) in [6.07, 6.45) is 8.28. The zero-order chi connectivity index (χ0) is 20.9. The van der Waals surface area contributed by atoms with Crippen LogP contribution in [0.25, 0.3) is 0 Å². The number of hydrogen-bond donors (Lipinski definition) is 1. The lowest BCUT2D eigenvalue weighted by molar-refractivity contribution is 0.189. The van der Waals surface area contributed by atoms with Crippen molar-refractivity contribution in [1.82, 2.24) is 4.90 Å². The summed E-state index contributed by atoms with van der Waals surface area (Å²) in [5.74, 6) is 0.657. The number of rotatable bonds is 7. The van der Waals surface area contributed by atoms with Gasteiger partial charge in [0.1, 0.15) is 5.82 Å². The van der Waals surface area contributed by atoms with Gasteiger partial charge in [0, 0.05) is 18.8 Å². The number of nitrogens with zero attached hydrogens (tertiary/aromatic N) is 2. The molecule has 3 nitrogen and oxygen atoms in total. The van der Waals surface area contributed by atoms with Crippen LogP contribution in [0.5, 0.6) is 0 Å². The lowest BCUT2D eigenvalue weighted by atomic mass is 9.90. The third kappa shape index (κ3) is 5.04. The van der Waals surface area contributed by atoms with E-state index in [1.165, 1.54) is 48.2 Å². The van der Waals surface area contributed by atoms with E-state index in [1.807, 2.05) is 18.2 Å². The number of hydrogen-bond acceptors (Lipinski definition) is 3. The van der Waals surface area contributed by atoms with E-state index >= 15 is 0 Å². The van der Waals surface area contributed by atoms with Crippen LogP contribution < -0.4 is 10.6 Å². The van der Waals surface area contributed by atoms with Crippen molar-refractivity contribution < 1.29 is 4.39 Å². The molecule has 0 atom stereocenters. The van der Waals surface area contributed by atoms with Crippen LogP contribution in [0.15, 0.2) is 54.7 Å². The molecule has 0 bridgehead atoms. The fraction of sp³-hybridized carbons (Fsp3) is 0.462. The van der Waals surface area contributed by atoms with Gasteiger partial charge >= 0.3 is 0 Å². The van der Waals surface area contributed by atoms with E-state index < -0.39 is 0 Å². The van der Waals surface area contributed by atoms with Crippen molar-refractivity contribution in [3.05, 3.63) is 71.7 Å². The minimum atomic E-state index is -0.150. The Morgan fingerprint density at radius 1 is 1.07 bits per heavy atom. The van der Waals surface area contributed by atoms with E-state index in [1.54, 1.807) is 12.1 Å². The molecule has 160 valence electrons. The highest BCUT2D eigenvalue weighted by atomic mass is 19.1. The lowest BCUT2D eigenvalue weighted by Crippen LogP contribution is -2.39. The summed E-state index contributed by atoms with van der Waals surface area (Å²) < 4.78 is 13.0. The highest BCUT2D eigenvalue weighted by Gasteiger charge is 2.24. The van der Waals surface area contributed by atoms with Gasteiger partial charge < -0.3 is 10.6 Å². The van der Waals surface area contributed by atoms with Gasteiger partial charge in [0.2, 0.25) is 0 Å². The number of halogens is 1. The van der Waals surface area contributed by atoms with E-state index in [-0.39, 0.29) is 5.82 Å². The fourth-order valence-corrected chi connectivity index (χ4v) is 5.02. The summed E-state index contributed by atoms with van der Waals surface area (Å²) in [6.45, 7) is 8.65. The molecule has 0 aliphatic carbocycles. The van der Waals surface area contributed by atoms with Crippen LogP contribution in [0.3, 0.4) is 0 Å². The molecule has 30 heavy (non-hydrogen) atoms. The Morgan fingerprint density at radius 2 is 1.83 bits per heavy atom. The van der Waals surface area contributed by atoms with Gasteiger partial charge in [-0.05, 0) is 86.9 Å². The van der Waals surface area contributed by atoms with Gasteiger partial charge in [0.25, 0.3) is 0 Å². The molecule has 0 unspecified atom stereocenters. The van der Waals surface area contributed by atoms with E-state index in [2.05, 4.69) is 28.5 Å².